The molecule has 0 radical (unpaired) electrons. The largest absolute Gasteiger partial charge is 0.283 e. The van der Waals surface area contributed by atoms with Crippen molar-refractivity contribution in [1.29, 1.82) is 5.26 Å². The molecule has 24 heavy (non-hydrogen) atoms. The van der Waals surface area contributed by atoms with Gasteiger partial charge in [-0.15, -0.1) is 10.2 Å². The summed E-state index contributed by atoms with van der Waals surface area (Å²) < 4.78 is 2.16. The molecule has 5 heteroatoms. The number of aromatic nitrogens is 4. The maximum absolute atomic E-state index is 9.25. The summed E-state index contributed by atoms with van der Waals surface area (Å²) in [4.78, 5) is 4.23. The number of hydrogen-bond donors (Lipinski definition) is 0. The van der Waals surface area contributed by atoms with Crippen LogP contribution >= 0.6 is 0 Å². The molecule has 1 aromatic carbocycles. The van der Waals surface area contributed by atoms with Crippen LogP contribution in [0.4, 0.5) is 0 Å². The number of rotatable bonds is 1. The van der Waals surface area contributed by atoms with E-state index in [2.05, 4.69) is 44.9 Å². The Kier molecular flexibility index (Phi) is 3.20. The third-order valence-corrected chi connectivity index (χ3v) is 4.76. The molecular weight excluding hydrogens is 298 g/mol. The minimum absolute atomic E-state index is 0.625. The first-order valence-electron chi connectivity index (χ1n) is 8.00. The molecule has 0 bridgehead atoms. The Hall–Kier alpha value is -3.00. The topological polar surface area (TPSA) is 67.4 Å². The standard InChI is InChI=1S/C19H17N5/c1-11-6-15(17-10-21-9-16(8-20)12(17)2)7-14-4-5-18-23-22-13(3)24(18)19(11)14/h6-7,9-10H,4-5H2,1-3H3. The van der Waals surface area contributed by atoms with Crippen molar-refractivity contribution in [3.63, 3.8) is 0 Å². The van der Waals surface area contributed by atoms with Crippen molar-refractivity contribution in [1.82, 2.24) is 19.7 Å². The summed E-state index contributed by atoms with van der Waals surface area (Å²) in [6, 6.07) is 6.60. The highest BCUT2D eigenvalue weighted by molar-refractivity contribution is 5.72. The summed E-state index contributed by atoms with van der Waals surface area (Å²) in [6.45, 7) is 6.09. The number of nitrogens with zero attached hydrogens (tertiary/aromatic N) is 5. The van der Waals surface area contributed by atoms with Gasteiger partial charge in [0.15, 0.2) is 0 Å². The quantitative estimate of drug-likeness (QED) is 0.691. The van der Waals surface area contributed by atoms with Crippen LogP contribution in [-0.4, -0.2) is 19.7 Å². The second-order valence-electron chi connectivity index (χ2n) is 6.27. The zero-order valence-electron chi connectivity index (χ0n) is 14.0. The van der Waals surface area contributed by atoms with Gasteiger partial charge >= 0.3 is 0 Å². The summed E-state index contributed by atoms with van der Waals surface area (Å²) in [5.74, 6) is 1.95. The molecule has 0 amide bonds. The van der Waals surface area contributed by atoms with Gasteiger partial charge in [-0.25, -0.2) is 0 Å². The van der Waals surface area contributed by atoms with Crippen molar-refractivity contribution < 1.29 is 0 Å². The van der Waals surface area contributed by atoms with E-state index in [0.29, 0.717) is 5.56 Å². The Labute approximate surface area is 140 Å². The van der Waals surface area contributed by atoms with Gasteiger partial charge in [-0.1, -0.05) is 0 Å². The normalized spacial score (nSPS) is 12.4. The van der Waals surface area contributed by atoms with E-state index in [1.807, 2.05) is 20.0 Å². The molecule has 2 aromatic heterocycles. The van der Waals surface area contributed by atoms with Crippen LogP contribution in [0.25, 0.3) is 16.8 Å². The highest BCUT2D eigenvalue weighted by Crippen LogP contribution is 2.34. The van der Waals surface area contributed by atoms with Crippen LogP contribution in [0.15, 0.2) is 24.5 Å². The Balaban J connectivity index is 1.93. The zero-order chi connectivity index (χ0) is 16.8. The van der Waals surface area contributed by atoms with Crippen molar-refractivity contribution in [3.8, 4) is 22.9 Å². The fourth-order valence-electron chi connectivity index (χ4n) is 3.55. The summed E-state index contributed by atoms with van der Waals surface area (Å²) in [7, 11) is 0. The van der Waals surface area contributed by atoms with E-state index in [1.54, 1.807) is 6.20 Å². The van der Waals surface area contributed by atoms with Crippen LogP contribution in [0.1, 0.15) is 33.9 Å². The van der Waals surface area contributed by atoms with E-state index in [9.17, 15) is 5.26 Å². The summed E-state index contributed by atoms with van der Waals surface area (Å²) in [5.41, 5.74) is 7.41. The van der Waals surface area contributed by atoms with E-state index in [4.69, 9.17) is 0 Å². The fourth-order valence-corrected chi connectivity index (χ4v) is 3.55. The fraction of sp³-hybridized carbons (Fsp3) is 0.263. The van der Waals surface area contributed by atoms with E-state index < -0.39 is 0 Å². The summed E-state index contributed by atoms with van der Waals surface area (Å²) >= 11 is 0. The van der Waals surface area contributed by atoms with Crippen molar-refractivity contribution in [2.24, 2.45) is 0 Å². The van der Waals surface area contributed by atoms with Crippen LogP contribution in [-0.2, 0) is 12.8 Å². The number of pyridine rings is 1. The predicted octanol–water partition coefficient (Wildman–Crippen LogP) is 3.22. The number of hydrogen-bond acceptors (Lipinski definition) is 4. The van der Waals surface area contributed by atoms with E-state index >= 15 is 0 Å². The summed E-state index contributed by atoms with van der Waals surface area (Å²) in [6.07, 6.45) is 5.31. The maximum Gasteiger partial charge on any atom is 0.137 e. The third-order valence-electron chi connectivity index (χ3n) is 4.76. The van der Waals surface area contributed by atoms with Gasteiger partial charge in [-0.2, -0.15) is 5.26 Å². The van der Waals surface area contributed by atoms with Gasteiger partial charge in [0.1, 0.15) is 17.7 Å². The molecule has 0 unspecified atom stereocenters. The minimum Gasteiger partial charge on any atom is -0.283 e. The first-order valence-corrected chi connectivity index (χ1v) is 8.00. The van der Waals surface area contributed by atoms with E-state index in [-0.39, 0.29) is 0 Å². The van der Waals surface area contributed by atoms with Crippen LogP contribution in [0, 0.1) is 32.1 Å². The number of nitriles is 1. The lowest BCUT2D eigenvalue weighted by Crippen LogP contribution is -2.15. The molecule has 0 aliphatic carbocycles. The SMILES string of the molecule is Cc1cc(-c2cncc(C#N)c2C)cc2c1-n1c(C)nnc1CC2. The Bertz CT molecular complexity index is 1010. The van der Waals surface area contributed by atoms with Crippen LogP contribution in [0.3, 0.4) is 0 Å². The highest BCUT2D eigenvalue weighted by atomic mass is 15.3. The number of fused-ring (bicyclic) bond motifs is 3. The Morgan fingerprint density at radius 2 is 1.92 bits per heavy atom. The molecule has 0 saturated heterocycles. The maximum atomic E-state index is 9.25. The van der Waals surface area contributed by atoms with Crippen LogP contribution in [0.2, 0.25) is 0 Å². The molecule has 0 saturated carbocycles. The number of benzene rings is 1. The Morgan fingerprint density at radius 1 is 1.08 bits per heavy atom. The van der Waals surface area contributed by atoms with Crippen molar-refractivity contribution >= 4 is 0 Å². The second kappa shape index (κ2) is 5.27. The first-order chi connectivity index (χ1) is 11.6. The summed E-state index contributed by atoms with van der Waals surface area (Å²) in [5, 5.41) is 17.7. The molecule has 0 spiro atoms. The molecule has 0 atom stereocenters. The third kappa shape index (κ3) is 2.04. The monoisotopic (exact) mass is 315 g/mol. The lowest BCUT2D eigenvalue weighted by molar-refractivity contribution is 0.762. The molecule has 4 rings (SSSR count). The minimum atomic E-state index is 0.625. The highest BCUT2D eigenvalue weighted by Gasteiger charge is 2.22. The van der Waals surface area contributed by atoms with Gasteiger partial charge in [0.25, 0.3) is 0 Å². The molecule has 1 aliphatic heterocycles. The van der Waals surface area contributed by atoms with Gasteiger partial charge < -0.3 is 0 Å². The molecule has 118 valence electrons. The molecule has 5 nitrogen and oxygen atoms in total. The van der Waals surface area contributed by atoms with Gasteiger partial charge in [-0.05, 0) is 61.6 Å². The number of aryl methyl sites for hydroxylation is 4. The molecule has 3 aromatic rings. The van der Waals surface area contributed by atoms with Crippen molar-refractivity contribution in [2.45, 2.75) is 33.6 Å². The van der Waals surface area contributed by atoms with Crippen molar-refractivity contribution in [2.75, 3.05) is 0 Å². The van der Waals surface area contributed by atoms with Crippen LogP contribution in [0.5, 0.6) is 0 Å². The lowest BCUT2D eigenvalue weighted by Gasteiger charge is -2.22. The van der Waals surface area contributed by atoms with Crippen molar-refractivity contribution in [3.05, 3.63) is 58.4 Å². The van der Waals surface area contributed by atoms with Gasteiger partial charge in [0, 0.05) is 24.4 Å². The first kappa shape index (κ1) is 14.6. The smallest absolute Gasteiger partial charge is 0.137 e. The average molecular weight is 315 g/mol. The van der Waals surface area contributed by atoms with E-state index in [0.717, 1.165) is 41.2 Å². The van der Waals surface area contributed by atoms with Gasteiger partial charge in [0.2, 0.25) is 0 Å². The Morgan fingerprint density at radius 3 is 2.71 bits per heavy atom. The average Bonchev–Trinajstić information content (AvgIpc) is 2.96. The molecule has 0 fully saturated rings. The molecule has 3 heterocycles. The van der Waals surface area contributed by atoms with Gasteiger partial charge in [-0.3, -0.25) is 9.55 Å². The molecule has 1 aliphatic rings. The second-order valence-corrected chi connectivity index (χ2v) is 6.27. The lowest BCUT2D eigenvalue weighted by atomic mass is 9.92. The van der Waals surface area contributed by atoms with Crippen LogP contribution < -0.4 is 0 Å². The predicted molar refractivity (Wildman–Crippen MR) is 90.9 cm³/mol. The molecular formula is C19H17N5. The van der Waals surface area contributed by atoms with E-state index in [1.165, 1.54) is 16.8 Å². The molecule has 0 N–H and O–H groups in total. The van der Waals surface area contributed by atoms with Gasteiger partial charge in [0.05, 0.1) is 11.3 Å². The zero-order valence-corrected chi connectivity index (χ0v) is 14.0.